The number of carbonyl (C=O) groups excluding carboxylic acids is 2. The van der Waals surface area contributed by atoms with E-state index in [1.807, 2.05) is 31.2 Å². The van der Waals surface area contributed by atoms with Crippen molar-refractivity contribution in [2.24, 2.45) is 5.10 Å². The molecule has 8 nitrogen and oxygen atoms in total. The molecule has 3 aromatic rings. The second-order valence-electron chi connectivity index (χ2n) is 9.19. The van der Waals surface area contributed by atoms with Gasteiger partial charge in [-0.2, -0.15) is 5.10 Å². The molecule has 3 heterocycles. The molecule has 1 aliphatic heterocycles. The lowest BCUT2D eigenvalue weighted by atomic mass is 9.95. The van der Waals surface area contributed by atoms with Crippen molar-refractivity contribution in [1.82, 2.24) is 10.3 Å². The standard InChI is InChI=1S/C27H30N4O4/c1-18-15-19(27(33)29-20-7-3-2-4-8-20)11-12-21(18)28-17-26(32)31-23(25-10-6-14-35-25)16-22(30-31)24-9-5-13-34-24/h5-6,9-15,20,23,28H,2-4,7-8,16-17H2,1H3,(H,29,33). The molecule has 2 aliphatic rings. The summed E-state index contributed by atoms with van der Waals surface area (Å²) in [5.74, 6) is 1.09. The van der Waals surface area contributed by atoms with Gasteiger partial charge in [-0.05, 0) is 67.8 Å². The smallest absolute Gasteiger partial charge is 0.262 e. The van der Waals surface area contributed by atoms with E-state index in [9.17, 15) is 9.59 Å². The molecule has 0 spiro atoms. The number of anilines is 1. The Morgan fingerprint density at radius 1 is 1.06 bits per heavy atom. The number of benzene rings is 1. The van der Waals surface area contributed by atoms with E-state index in [2.05, 4.69) is 15.7 Å². The Balaban J connectivity index is 1.24. The number of hydrogen-bond donors (Lipinski definition) is 2. The van der Waals surface area contributed by atoms with Gasteiger partial charge in [-0.25, -0.2) is 5.01 Å². The predicted molar refractivity (Wildman–Crippen MR) is 132 cm³/mol. The summed E-state index contributed by atoms with van der Waals surface area (Å²) in [7, 11) is 0. The van der Waals surface area contributed by atoms with Crippen LogP contribution in [-0.2, 0) is 4.79 Å². The maximum atomic E-state index is 13.2. The van der Waals surface area contributed by atoms with E-state index >= 15 is 0 Å². The van der Waals surface area contributed by atoms with Crippen LogP contribution in [0.1, 0.15) is 72.0 Å². The molecule has 35 heavy (non-hydrogen) atoms. The summed E-state index contributed by atoms with van der Waals surface area (Å²) in [5, 5.41) is 12.4. The van der Waals surface area contributed by atoms with Gasteiger partial charge >= 0.3 is 0 Å². The van der Waals surface area contributed by atoms with Gasteiger partial charge < -0.3 is 19.5 Å². The van der Waals surface area contributed by atoms with Crippen molar-refractivity contribution < 1.29 is 18.4 Å². The van der Waals surface area contributed by atoms with E-state index in [-0.39, 0.29) is 30.4 Å². The van der Waals surface area contributed by atoms with Crippen LogP contribution in [0.5, 0.6) is 0 Å². The molecule has 5 rings (SSSR count). The van der Waals surface area contributed by atoms with E-state index < -0.39 is 0 Å². The van der Waals surface area contributed by atoms with E-state index in [0.717, 1.165) is 24.1 Å². The molecule has 1 aliphatic carbocycles. The number of nitrogens with zero attached hydrogens (tertiary/aromatic N) is 2. The zero-order valence-corrected chi connectivity index (χ0v) is 19.8. The highest BCUT2D eigenvalue weighted by Gasteiger charge is 2.35. The summed E-state index contributed by atoms with van der Waals surface area (Å²) in [5.41, 5.74) is 3.04. The first kappa shape index (κ1) is 23.0. The molecular formula is C27H30N4O4. The van der Waals surface area contributed by atoms with E-state index in [0.29, 0.717) is 29.2 Å². The molecule has 2 N–H and O–H groups in total. The quantitative estimate of drug-likeness (QED) is 0.500. The number of amides is 2. The molecule has 1 fully saturated rings. The minimum Gasteiger partial charge on any atom is -0.467 e. The first-order valence-corrected chi connectivity index (χ1v) is 12.2. The van der Waals surface area contributed by atoms with E-state index in [4.69, 9.17) is 8.83 Å². The Morgan fingerprint density at radius 2 is 1.86 bits per heavy atom. The molecule has 0 bridgehead atoms. The fourth-order valence-corrected chi connectivity index (χ4v) is 4.81. The molecule has 0 radical (unpaired) electrons. The topological polar surface area (TPSA) is 100 Å². The third-order valence-electron chi connectivity index (χ3n) is 6.70. The second kappa shape index (κ2) is 10.2. The number of carbonyl (C=O) groups is 2. The summed E-state index contributed by atoms with van der Waals surface area (Å²) >= 11 is 0. The number of aryl methyl sites for hydroxylation is 1. The summed E-state index contributed by atoms with van der Waals surface area (Å²) in [6.07, 6.45) is 9.38. The summed E-state index contributed by atoms with van der Waals surface area (Å²) in [6, 6.07) is 12.7. The highest BCUT2D eigenvalue weighted by Crippen LogP contribution is 2.33. The normalized spacial score (nSPS) is 18.4. The lowest BCUT2D eigenvalue weighted by molar-refractivity contribution is -0.131. The third-order valence-corrected chi connectivity index (χ3v) is 6.70. The molecule has 1 unspecified atom stereocenters. The van der Waals surface area contributed by atoms with Gasteiger partial charge in [0.05, 0.1) is 19.1 Å². The van der Waals surface area contributed by atoms with Crippen molar-refractivity contribution >= 4 is 23.2 Å². The van der Waals surface area contributed by atoms with Gasteiger partial charge in [0.2, 0.25) is 0 Å². The fourth-order valence-electron chi connectivity index (χ4n) is 4.81. The predicted octanol–water partition coefficient (Wildman–Crippen LogP) is 5.03. The molecule has 0 saturated heterocycles. The van der Waals surface area contributed by atoms with Crippen LogP contribution < -0.4 is 10.6 Å². The number of furan rings is 2. The van der Waals surface area contributed by atoms with Crippen molar-refractivity contribution in [1.29, 1.82) is 0 Å². The van der Waals surface area contributed by atoms with Gasteiger partial charge in [0.25, 0.3) is 11.8 Å². The van der Waals surface area contributed by atoms with Crippen LogP contribution in [0, 0.1) is 6.92 Å². The zero-order chi connectivity index (χ0) is 24.2. The van der Waals surface area contributed by atoms with Crippen LogP contribution in [0.15, 0.2) is 68.9 Å². The Kier molecular flexibility index (Phi) is 6.70. The average molecular weight is 475 g/mol. The Morgan fingerprint density at radius 3 is 2.57 bits per heavy atom. The highest BCUT2D eigenvalue weighted by atomic mass is 16.3. The van der Waals surface area contributed by atoms with Gasteiger partial charge in [0.1, 0.15) is 23.3 Å². The molecule has 2 amide bonds. The van der Waals surface area contributed by atoms with Gasteiger partial charge in [-0.1, -0.05) is 19.3 Å². The average Bonchev–Trinajstić information content (AvgIpc) is 3.65. The fraction of sp³-hybridized carbons (Fsp3) is 0.370. The molecule has 2 aromatic heterocycles. The number of hydrazone groups is 1. The SMILES string of the molecule is Cc1cc(C(=O)NC2CCCCC2)ccc1NCC(=O)N1N=C(c2ccco2)CC1c1ccco1. The molecule has 182 valence electrons. The van der Waals surface area contributed by atoms with Crippen molar-refractivity contribution in [2.75, 3.05) is 11.9 Å². The van der Waals surface area contributed by atoms with Crippen molar-refractivity contribution in [3.63, 3.8) is 0 Å². The first-order chi connectivity index (χ1) is 17.1. The molecule has 1 aromatic carbocycles. The summed E-state index contributed by atoms with van der Waals surface area (Å²) in [4.78, 5) is 25.8. The largest absolute Gasteiger partial charge is 0.467 e. The number of rotatable bonds is 7. The van der Waals surface area contributed by atoms with E-state index in [1.54, 1.807) is 30.7 Å². The maximum Gasteiger partial charge on any atom is 0.262 e. The van der Waals surface area contributed by atoms with Crippen molar-refractivity contribution in [3.05, 3.63) is 77.6 Å². The first-order valence-electron chi connectivity index (χ1n) is 12.2. The van der Waals surface area contributed by atoms with Gasteiger partial charge in [0, 0.05) is 23.7 Å². The Hall–Kier alpha value is -3.81. The van der Waals surface area contributed by atoms with Crippen LogP contribution in [0.4, 0.5) is 5.69 Å². The monoisotopic (exact) mass is 474 g/mol. The second-order valence-corrected chi connectivity index (χ2v) is 9.19. The van der Waals surface area contributed by atoms with Crippen LogP contribution in [-0.4, -0.2) is 35.1 Å². The van der Waals surface area contributed by atoms with Crippen molar-refractivity contribution in [3.8, 4) is 0 Å². The maximum absolute atomic E-state index is 13.2. The van der Waals surface area contributed by atoms with Crippen LogP contribution in [0.2, 0.25) is 0 Å². The lowest BCUT2D eigenvalue weighted by Gasteiger charge is -2.23. The Labute approximate surface area is 204 Å². The Bertz CT molecular complexity index is 1190. The van der Waals surface area contributed by atoms with Crippen LogP contribution in [0.3, 0.4) is 0 Å². The third kappa shape index (κ3) is 5.16. The minimum absolute atomic E-state index is 0.0409. The van der Waals surface area contributed by atoms with Gasteiger partial charge in [0.15, 0.2) is 0 Å². The highest BCUT2D eigenvalue weighted by molar-refractivity contribution is 6.01. The van der Waals surface area contributed by atoms with Crippen LogP contribution in [0.25, 0.3) is 0 Å². The van der Waals surface area contributed by atoms with E-state index in [1.165, 1.54) is 24.3 Å². The number of hydrogen-bond acceptors (Lipinski definition) is 6. The van der Waals surface area contributed by atoms with Crippen molar-refractivity contribution in [2.45, 2.75) is 57.5 Å². The lowest BCUT2D eigenvalue weighted by Crippen LogP contribution is -2.36. The summed E-state index contributed by atoms with van der Waals surface area (Å²) < 4.78 is 11.1. The molecule has 1 atom stereocenters. The minimum atomic E-state index is -0.327. The molecular weight excluding hydrogens is 444 g/mol. The molecule has 1 saturated carbocycles. The van der Waals surface area contributed by atoms with Crippen LogP contribution >= 0.6 is 0 Å². The molecule has 8 heteroatoms. The van der Waals surface area contributed by atoms with Gasteiger partial charge in [-0.3, -0.25) is 9.59 Å². The summed E-state index contributed by atoms with van der Waals surface area (Å²) in [6.45, 7) is 1.99. The zero-order valence-electron chi connectivity index (χ0n) is 19.8. The number of nitrogens with one attached hydrogen (secondary N) is 2. The van der Waals surface area contributed by atoms with Gasteiger partial charge in [-0.15, -0.1) is 0 Å².